The van der Waals surface area contributed by atoms with Crippen LogP contribution in [0, 0.1) is 0 Å². The summed E-state index contributed by atoms with van der Waals surface area (Å²) in [6.45, 7) is 7.60. The van der Waals surface area contributed by atoms with Crippen LogP contribution < -0.4 is 5.73 Å². The third-order valence-corrected chi connectivity index (χ3v) is 7.24. The minimum atomic E-state index is -3.25. The maximum absolute atomic E-state index is 12.6. The van der Waals surface area contributed by atoms with Crippen LogP contribution in [-0.2, 0) is 22.9 Å². The first-order valence-electron chi connectivity index (χ1n) is 9.97. The van der Waals surface area contributed by atoms with E-state index in [4.69, 9.17) is 10.7 Å². The Hall–Kier alpha value is -2.64. The number of rotatable bonds is 5. The number of fused-ring (bicyclic) bond motifs is 1. The van der Waals surface area contributed by atoms with Crippen molar-refractivity contribution in [3.8, 4) is 0 Å². The highest BCUT2D eigenvalue weighted by molar-refractivity contribution is 7.91. The van der Waals surface area contributed by atoms with Gasteiger partial charge < -0.3 is 10.6 Å². The smallest absolute Gasteiger partial charge is 0.179 e. The summed E-state index contributed by atoms with van der Waals surface area (Å²) in [6, 6.07) is 13.0. The molecule has 160 valence electrons. The van der Waals surface area contributed by atoms with Gasteiger partial charge in [0.15, 0.2) is 9.84 Å². The van der Waals surface area contributed by atoms with Gasteiger partial charge in [0, 0.05) is 45.0 Å². The standard InChI is InChI=1S/C23H30N4O2S/c1-5-22(25-17(2)26(3)4)20-14-18(10-11-21(20)24)15-27-12-13-30(28,29)23-9-7-6-8-19(23)16-27/h5-11,14,22H,1,12-13,15-16,24H2,2-4H3. The SMILES string of the molecule is C=CC(N=C(C)N(C)C)c1cc(CN2CCS(=O)(=O)c3ccccc3C2)ccc1N. The van der Waals surface area contributed by atoms with Gasteiger partial charge in [-0.25, -0.2) is 8.42 Å². The molecule has 2 N–H and O–H groups in total. The summed E-state index contributed by atoms with van der Waals surface area (Å²) >= 11 is 0. The van der Waals surface area contributed by atoms with E-state index in [2.05, 4.69) is 17.5 Å². The Balaban J connectivity index is 1.87. The minimum absolute atomic E-state index is 0.119. The fourth-order valence-electron chi connectivity index (χ4n) is 3.55. The molecule has 2 aromatic rings. The molecule has 0 spiro atoms. The van der Waals surface area contributed by atoms with Crippen molar-refractivity contribution in [2.45, 2.75) is 31.0 Å². The number of hydrogen-bond donors (Lipinski definition) is 1. The maximum atomic E-state index is 12.6. The van der Waals surface area contributed by atoms with Gasteiger partial charge in [-0.15, -0.1) is 6.58 Å². The van der Waals surface area contributed by atoms with E-state index in [9.17, 15) is 8.42 Å². The van der Waals surface area contributed by atoms with Crippen molar-refractivity contribution in [2.75, 3.05) is 32.1 Å². The van der Waals surface area contributed by atoms with Gasteiger partial charge >= 0.3 is 0 Å². The lowest BCUT2D eigenvalue weighted by atomic mass is 10.0. The highest BCUT2D eigenvalue weighted by atomic mass is 32.2. The van der Waals surface area contributed by atoms with E-state index in [1.807, 2.05) is 50.2 Å². The fourth-order valence-corrected chi connectivity index (χ4v) is 5.09. The second kappa shape index (κ2) is 9.02. The molecule has 0 saturated carbocycles. The molecule has 1 atom stereocenters. The molecule has 1 aliphatic rings. The number of benzene rings is 2. The Labute approximate surface area is 179 Å². The lowest BCUT2D eigenvalue weighted by molar-refractivity contribution is 0.273. The number of amidine groups is 1. The van der Waals surface area contributed by atoms with Crippen LogP contribution in [0.1, 0.15) is 29.7 Å². The van der Waals surface area contributed by atoms with Crippen LogP contribution in [0.2, 0.25) is 0 Å². The average molecular weight is 427 g/mol. The zero-order valence-corrected chi connectivity index (χ0v) is 18.7. The van der Waals surface area contributed by atoms with Gasteiger partial charge in [-0.05, 0) is 36.2 Å². The molecule has 7 heteroatoms. The van der Waals surface area contributed by atoms with E-state index >= 15 is 0 Å². The maximum Gasteiger partial charge on any atom is 0.179 e. The highest BCUT2D eigenvalue weighted by Crippen LogP contribution is 2.28. The lowest BCUT2D eigenvalue weighted by Crippen LogP contribution is -2.25. The number of nitrogen functional groups attached to an aromatic ring is 1. The number of nitrogens with two attached hydrogens (primary N) is 1. The Bertz CT molecular complexity index is 1060. The summed E-state index contributed by atoms with van der Waals surface area (Å²) < 4.78 is 25.2. The van der Waals surface area contributed by atoms with Crippen LogP contribution in [0.4, 0.5) is 5.69 Å². The minimum Gasteiger partial charge on any atom is -0.398 e. The van der Waals surface area contributed by atoms with E-state index in [-0.39, 0.29) is 11.8 Å². The molecule has 1 aliphatic heterocycles. The molecule has 1 unspecified atom stereocenters. The largest absolute Gasteiger partial charge is 0.398 e. The number of sulfone groups is 1. The molecule has 30 heavy (non-hydrogen) atoms. The van der Waals surface area contributed by atoms with Crippen LogP contribution in [0.3, 0.4) is 0 Å². The second-order valence-corrected chi connectivity index (χ2v) is 9.93. The zero-order chi connectivity index (χ0) is 21.9. The van der Waals surface area contributed by atoms with Gasteiger partial charge in [0.05, 0.1) is 22.5 Å². The van der Waals surface area contributed by atoms with Crippen LogP contribution in [0.15, 0.2) is 65.0 Å². The topological polar surface area (TPSA) is 79.0 Å². The van der Waals surface area contributed by atoms with E-state index in [0.717, 1.165) is 22.5 Å². The average Bonchev–Trinajstić information content (AvgIpc) is 2.83. The van der Waals surface area contributed by atoms with Gasteiger partial charge in [-0.2, -0.15) is 0 Å². The first kappa shape index (κ1) is 22.1. The second-order valence-electron chi connectivity index (χ2n) is 7.85. The summed E-state index contributed by atoms with van der Waals surface area (Å²) in [5.74, 6) is 1.01. The predicted octanol–water partition coefficient (Wildman–Crippen LogP) is 3.27. The van der Waals surface area contributed by atoms with Crippen molar-refractivity contribution in [2.24, 2.45) is 4.99 Å². The summed E-state index contributed by atoms with van der Waals surface area (Å²) in [6.07, 6.45) is 1.79. The molecule has 0 bridgehead atoms. The summed E-state index contributed by atoms with van der Waals surface area (Å²) in [7, 11) is 0.642. The number of hydrogen-bond acceptors (Lipinski definition) is 5. The lowest BCUT2D eigenvalue weighted by Gasteiger charge is -2.22. The highest BCUT2D eigenvalue weighted by Gasteiger charge is 2.25. The number of aliphatic imine (C=N–C) groups is 1. The Morgan fingerprint density at radius 1 is 1.30 bits per heavy atom. The molecule has 0 aromatic heterocycles. The Kier molecular flexibility index (Phi) is 6.63. The molecule has 6 nitrogen and oxygen atoms in total. The first-order valence-corrected chi connectivity index (χ1v) is 11.6. The van der Waals surface area contributed by atoms with E-state index in [0.29, 0.717) is 30.2 Å². The molecule has 0 radical (unpaired) electrons. The van der Waals surface area contributed by atoms with Gasteiger partial charge in [0.2, 0.25) is 0 Å². The van der Waals surface area contributed by atoms with Crippen molar-refractivity contribution in [3.63, 3.8) is 0 Å². The Morgan fingerprint density at radius 3 is 2.73 bits per heavy atom. The summed E-state index contributed by atoms with van der Waals surface area (Å²) in [5.41, 5.74) is 9.75. The van der Waals surface area contributed by atoms with Crippen molar-refractivity contribution in [1.82, 2.24) is 9.80 Å². The van der Waals surface area contributed by atoms with E-state index in [1.54, 1.807) is 18.2 Å². The van der Waals surface area contributed by atoms with E-state index in [1.165, 1.54) is 0 Å². The van der Waals surface area contributed by atoms with Crippen molar-refractivity contribution in [1.29, 1.82) is 0 Å². The van der Waals surface area contributed by atoms with Crippen molar-refractivity contribution < 1.29 is 8.42 Å². The van der Waals surface area contributed by atoms with Crippen LogP contribution in [0.25, 0.3) is 0 Å². The Morgan fingerprint density at radius 2 is 2.03 bits per heavy atom. The third-order valence-electron chi connectivity index (χ3n) is 5.45. The molecule has 1 heterocycles. The van der Waals surface area contributed by atoms with Crippen LogP contribution >= 0.6 is 0 Å². The van der Waals surface area contributed by atoms with E-state index < -0.39 is 9.84 Å². The molecule has 0 fully saturated rings. The number of anilines is 1. The van der Waals surface area contributed by atoms with Crippen molar-refractivity contribution in [3.05, 3.63) is 71.8 Å². The molecule has 3 rings (SSSR count). The molecule has 0 saturated heterocycles. The van der Waals surface area contributed by atoms with Gasteiger partial charge in [-0.1, -0.05) is 30.3 Å². The molecule has 2 aromatic carbocycles. The third kappa shape index (κ3) is 4.91. The summed E-state index contributed by atoms with van der Waals surface area (Å²) in [4.78, 5) is 9.29. The van der Waals surface area contributed by atoms with Gasteiger partial charge in [-0.3, -0.25) is 9.89 Å². The zero-order valence-electron chi connectivity index (χ0n) is 17.9. The normalized spacial score (nSPS) is 17.6. The molecule has 0 amide bonds. The molecule has 0 aliphatic carbocycles. The van der Waals surface area contributed by atoms with Gasteiger partial charge in [0.1, 0.15) is 0 Å². The first-order chi connectivity index (χ1) is 14.2. The summed E-state index contributed by atoms with van der Waals surface area (Å²) in [5, 5.41) is 0. The quantitative estimate of drug-likeness (QED) is 0.344. The monoisotopic (exact) mass is 426 g/mol. The predicted molar refractivity (Wildman–Crippen MR) is 123 cm³/mol. The van der Waals surface area contributed by atoms with Gasteiger partial charge in [0.25, 0.3) is 0 Å². The van der Waals surface area contributed by atoms with Crippen LogP contribution in [-0.4, -0.2) is 50.4 Å². The number of nitrogens with zero attached hydrogens (tertiary/aromatic N) is 3. The van der Waals surface area contributed by atoms with Crippen molar-refractivity contribution >= 4 is 21.4 Å². The molecular formula is C23H30N4O2S. The van der Waals surface area contributed by atoms with Crippen LogP contribution in [0.5, 0.6) is 0 Å². The molecular weight excluding hydrogens is 396 g/mol. The fraction of sp³-hybridized carbons (Fsp3) is 0.348.